The van der Waals surface area contributed by atoms with Crippen molar-refractivity contribution in [3.8, 4) is 11.1 Å². The fourth-order valence-corrected chi connectivity index (χ4v) is 1.42. The summed E-state index contributed by atoms with van der Waals surface area (Å²) in [6.45, 7) is 0. The van der Waals surface area contributed by atoms with E-state index in [9.17, 15) is 4.39 Å². The smallest absolute Gasteiger partial charge is 0.123 e. The number of rotatable bonds is 1. The summed E-state index contributed by atoms with van der Waals surface area (Å²) in [7, 11) is 0. The van der Waals surface area contributed by atoms with Crippen LogP contribution < -0.4 is 5.73 Å². The minimum absolute atomic E-state index is 0. The molecule has 0 aliphatic heterocycles. The van der Waals surface area contributed by atoms with E-state index < -0.39 is 0 Å². The molecule has 3 heteroatoms. The van der Waals surface area contributed by atoms with Gasteiger partial charge in [-0.1, -0.05) is 30.3 Å². The molecule has 2 rings (SSSR count). The highest BCUT2D eigenvalue weighted by Crippen LogP contribution is 2.25. The molecule has 0 fully saturated rings. The third-order valence-corrected chi connectivity index (χ3v) is 2.10. The summed E-state index contributed by atoms with van der Waals surface area (Å²) in [6.07, 6.45) is 0. The van der Waals surface area contributed by atoms with Gasteiger partial charge in [-0.05, 0) is 23.8 Å². The van der Waals surface area contributed by atoms with E-state index >= 15 is 0 Å². The number of nitrogen functional groups attached to an aromatic ring is 1. The molecule has 0 spiro atoms. The molecular formula is C12H11ClFN. The van der Waals surface area contributed by atoms with Crippen LogP contribution in [-0.2, 0) is 0 Å². The van der Waals surface area contributed by atoms with E-state index in [1.54, 1.807) is 12.1 Å². The van der Waals surface area contributed by atoms with Crippen LogP contribution in [0.2, 0.25) is 0 Å². The lowest BCUT2D eigenvalue weighted by atomic mass is 10.0. The van der Waals surface area contributed by atoms with Crippen molar-refractivity contribution in [2.45, 2.75) is 0 Å². The third kappa shape index (κ3) is 2.48. The van der Waals surface area contributed by atoms with Gasteiger partial charge in [-0.25, -0.2) is 4.39 Å². The maximum absolute atomic E-state index is 12.9. The van der Waals surface area contributed by atoms with Gasteiger partial charge in [0.25, 0.3) is 0 Å². The quantitative estimate of drug-likeness (QED) is 0.736. The fourth-order valence-electron chi connectivity index (χ4n) is 1.42. The molecule has 0 radical (unpaired) electrons. The van der Waals surface area contributed by atoms with E-state index in [2.05, 4.69) is 0 Å². The van der Waals surface area contributed by atoms with Crippen LogP contribution in [0.1, 0.15) is 0 Å². The standard InChI is InChI=1S/C12H10FN.ClH/c13-10-5-3-4-9(8-10)11-6-1-2-7-12(11)14;/h1-8H,14H2;1H. The molecule has 0 atom stereocenters. The Balaban J connectivity index is 0.00000112. The normalized spacial score (nSPS) is 9.40. The number of nitrogens with two attached hydrogens (primary N) is 1. The Morgan fingerprint density at radius 3 is 2.33 bits per heavy atom. The van der Waals surface area contributed by atoms with E-state index in [1.807, 2.05) is 24.3 Å². The van der Waals surface area contributed by atoms with Crippen LogP contribution in [0.5, 0.6) is 0 Å². The van der Waals surface area contributed by atoms with Gasteiger partial charge < -0.3 is 5.73 Å². The van der Waals surface area contributed by atoms with Gasteiger partial charge in [0.2, 0.25) is 0 Å². The molecule has 0 aliphatic carbocycles. The van der Waals surface area contributed by atoms with Crippen molar-refractivity contribution >= 4 is 18.1 Å². The molecule has 0 bridgehead atoms. The zero-order chi connectivity index (χ0) is 9.97. The number of anilines is 1. The van der Waals surface area contributed by atoms with Crippen LogP contribution in [0, 0.1) is 5.82 Å². The molecule has 0 saturated carbocycles. The average molecular weight is 224 g/mol. The van der Waals surface area contributed by atoms with E-state index in [0.29, 0.717) is 5.69 Å². The first-order valence-electron chi connectivity index (χ1n) is 4.38. The lowest BCUT2D eigenvalue weighted by Gasteiger charge is -2.04. The van der Waals surface area contributed by atoms with Crippen molar-refractivity contribution in [3.63, 3.8) is 0 Å². The molecule has 2 aromatic rings. The van der Waals surface area contributed by atoms with Crippen LogP contribution in [0.3, 0.4) is 0 Å². The van der Waals surface area contributed by atoms with Crippen LogP contribution in [-0.4, -0.2) is 0 Å². The second-order valence-electron chi connectivity index (χ2n) is 3.10. The van der Waals surface area contributed by atoms with Crippen molar-refractivity contribution in [2.24, 2.45) is 0 Å². The molecule has 0 amide bonds. The van der Waals surface area contributed by atoms with Crippen molar-refractivity contribution in [2.75, 3.05) is 5.73 Å². The van der Waals surface area contributed by atoms with Crippen molar-refractivity contribution in [1.29, 1.82) is 0 Å². The number of halogens is 2. The first-order valence-corrected chi connectivity index (χ1v) is 4.38. The van der Waals surface area contributed by atoms with Crippen molar-refractivity contribution < 1.29 is 4.39 Å². The van der Waals surface area contributed by atoms with E-state index in [1.165, 1.54) is 12.1 Å². The summed E-state index contributed by atoms with van der Waals surface area (Å²) >= 11 is 0. The molecule has 0 saturated heterocycles. The predicted molar refractivity (Wildman–Crippen MR) is 63.5 cm³/mol. The molecule has 0 unspecified atom stereocenters. The van der Waals surface area contributed by atoms with Gasteiger partial charge in [-0.2, -0.15) is 0 Å². The molecule has 78 valence electrons. The minimum atomic E-state index is -0.245. The Labute approximate surface area is 94.1 Å². The maximum Gasteiger partial charge on any atom is 0.123 e. The molecule has 0 aromatic heterocycles. The molecule has 2 aromatic carbocycles. The van der Waals surface area contributed by atoms with Gasteiger partial charge in [0.1, 0.15) is 5.82 Å². The lowest BCUT2D eigenvalue weighted by Crippen LogP contribution is -1.89. The summed E-state index contributed by atoms with van der Waals surface area (Å²) in [4.78, 5) is 0. The molecule has 0 aliphatic rings. The number of hydrogen-bond acceptors (Lipinski definition) is 1. The zero-order valence-electron chi connectivity index (χ0n) is 7.98. The van der Waals surface area contributed by atoms with E-state index in [-0.39, 0.29) is 18.2 Å². The molecular weight excluding hydrogens is 213 g/mol. The second-order valence-corrected chi connectivity index (χ2v) is 3.10. The number of hydrogen-bond donors (Lipinski definition) is 1. The first-order chi connectivity index (χ1) is 6.77. The van der Waals surface area contributed by atoms with E-state index in [0.717, 1.165) is 11.1 Å². The van der Waals surface area contributed by atoms with Gasteiger partial charge in [-0.15, -0.1) is 12.4 Å². The number of benzene rings is 2. The average Bonchev–Trinajstić information content (AvgIpc) is 2.18. The highest BCUT2D eigenvalue weighted by Gasteiger charge is 2.01. The fraction of sp³-hybridized carbons (Fsp3) is 0. The van der Waals surface area contributed by atoms with Crippen LogP contribution in [0.25, 0.3) is 11.1 Å². The Hall–Kier alpha value is -1.54. The summed E-state index contributed by atoms with van der Waals surface area (Å²) in [5.41, 5.74) is 8.12. The summed E-state index contributed by atoms with van der Waals surface area (Å²) < 4.78 is 12.9. The van der Waals surface area contributed by atoms with Gasteiger partial charge in [-0.3, -0.25) is 0 Å². The summed E-state index contributed by atoms with van der Waals surface area (Å²) in [5, 5.41) is 0. The van der Waals surface area contributed by atoms with Crippen molar-refractivity contribution in [3.05, 3.63) is 54.3 Å². The largest absolute Gasteiger partial charge is 0.398 e. The molecule has 15 heavy (non-hydrogen) atoms. The second kappa shape index (κ2) is 4.80. The Bertz CT molecular complexity index is 457. The van der Waals surface area contributed by atoms with Crippen LogP contribution in [0.15, 0.2) is 48.5 Å². The highest BCUT2D eigenvalue weighted by atomic mass is 35.5. The van der Waals surface area contributed by atoms with Crippen molar-refractivity contribution in [1.82, 2.24) is 0 Å². The van der Waals surface area contributed by atoms with E-state index in [4.69, 9.17) is 5.73 Å². The Morgan fingerprint density at radius 2 is 1.67 bits per heavy atom. The van der Waals surface area contributed by atoms with Gasteiger partial charge in [0.05, 0.1) is 0 Å². The van der Waals surface area contributed by atoms with Gasteiger partial charge in [0.15, 0.2) is 0 Å². The third-order valence-electron chi connectivity index (χ3n) is 2.10. The lowest BCUT2D eigenvalue weighted by molar-refractivity contribution is 0.628. The molecule has 0 heterocycles. The van der Waals surface area contributed by atoms with Gasteiger partial charge >= 0.3 is 0 Å². The first kappa shape index (κ1) is 11.5. The highest BCUT2D eigenvalue weighted by molar-refractivity contribution is 5.85. The summed E-state index contributed by atoms with van der Waals surface area (Å²) in [5.74, 6) is -0.245. The van der Waals surface area contributed by atoms with Crippen LogP contribution in [0.4, 0.5) is 10.1 Å². The predicted octanol–water partition coefficient (Wildman–Crippen LogP) is 3.50. The maximum atomic E-state index is 12.9. The molecule has 2 N–H and O–H groups in total. The topological polar surface area (TPSA) is 26.0 Å². The molecule has 1 nitrogen and oxygen atoms in total. The minimum Gasteiger partial charge on any atom is -0.398 e. The zero-order valence-corrected chi connectivity index (χ0v) is 8.80. The van der Waals surface area contributed by atoms with Crippen LogP contribution >= 0.6 is 12.4 Å². The SMILES string of the molecule is Cl.Nc1ccccc1-c1cccc(F)c1. The Kier molecular flexibility index (Phi) is 3.69. The summed E-state index contributed by atoms with van der Waals surface area (Å²) in [6, 6.07) is 13.8. The Morgan fingerprint density at radius 1 is 0.933 bits per heavy atom. The number of para-hydroxylation sites is 1. The monoisotopic (exact) mass is 223 g/mol. The van der Waals surface area contributed by atoms with Gasteiger partial charge in [0, 0.05) is 11.3 Å².